The number of rotatable bonds is 3. The summed E-state index contributed by atoms with van der Waals surface area (Å²) in [5.74, 6) is 0.245. The molecule has 0 unspecified atom stereocenters. The Morgan fingerprint density at radius 3 is 3.11 bits per heavy atom. The van der Waals surface area contributed by atoms with Crippen LogP contribution in [0.15, 0.2) is 23.1 Å². The number of carbonyl (C=O) groups excluding carboxylic acids is 1. The van der Waals surface area contributed by atoms with Crippen molar-refractivity contribution in [2.75, 3.05) is 18.5 Å². The van der Waals surface area contributed by atoms with E-state index in [1.165, 1.54) is 6.20 Å². The molecule has 1 saturated heterocycles. The van der Waals surface area contributed by atoms with E-state index in [1.54, 1.807) is 19.3 Å². The van der Waals surface area contributed by atoms with Gasteiger partial charge in [0.2, 0.25) is 0 Å². The predicted octanol–water partition coefficient (Wildman–Crippen LogP) is 1.39. The van der Waals surface area contributed by atoms with E-state index < -0.39 is 0 Å². The molecular weight excluding hydrogens is 248 g/mol. The third kappa shape index (κ3) is 2.37. The Hall–Kier alpha value is -2.15. The van der Waals surface area contributed by atoms with Gasteiger partial charge in [-0.25, -0.2) is 0 Å². The van der Waals surface area contributed by atoms with Crippen LogP contribution in [-0.4, -0.2) is 34.1 Å². The lowest BCUT2D eigenvalue weighted by molar-refractivity contribution is 0.102. The molecule has 0 saturated carbocycles. The number of nitrogens with one attached hydrogen (secondary N) is 1. The summed E-state index contributed by atoms with van der Waals surface area (Å²) in [7, 11) is 0. The van der Waals surface area contributed by atoms with Crippen LogP contribution >= 0.6 is 0 Å². The molecule has 3 rings (SSSR count). The third-order valence-corrected chi connectivity index (χ3v) is 3.13. The lowest BCUT2D eigenvalue weighted by Crippen LogP contribution is -2.12. The molecule has 0 radical (unpaired) electrons. The van der Waals surface area contributed by atoms with Crippen LogP contribution in [-0.2, 0) is 4.74 Å². The zero-order valence-electron chi connectivity index (χ0n) is 10.5. The van der Waals surface area contributed by atoms with E-state index in [0.29, 0.717) is 23.6 Å². The minimum Gasteiger partial charge on any atom is -0.379 e. The van der Waals surface area contributed by atoms with Crippen LogP contribution in [0.5, 0.6) is 0 Å². The topological polar surface area (TPSA) is 82.2 Å². The van der Waals surface area contributed by atoms with Crippen molar-refractivity contribution in [3.05, 3.63) is 29.9 Å². The maximum absolute atomic E-state index is 12.0. The van der Waals surface area contributed by atoms with Crippen LogP contribution in [0.4, 0.5) is 5.69 Å². The van der Waals surface area contributed by atoms with Gasteiger partial charge >= 0.3 is 0 Å². The maximum atomic E-state index is 12.0. The SMILES string of the molecule is Cc1oncc1C(=O)Nc1cnn([C@@H]2CCOC2)c1. The molecule has 1 atom stereocenters. The summed E-state index contributed by atoms with van der Waals surface area (Å²) in [4.78, 5) is 12.0. The molecular formula is C12H14N4O3. The number of amides is 1. The first-order valence-corrected chi connectivity index (χ1v) is 6.08. The van der Waals surface area contributed by atoms with Crippen molar-refractivity contribution in [3.8, 4) is 0 Å². The van der Waals surface area contributed by atoms with Gasteiger partial charge in [0.05, 0.1) is 30.7 Å². The molecule has 2 aromatic heterocycles. The highest BCUT2D eigenvalue weighted by atomic mass is 16.5. The van der Waals surface area contributed by atoms with Crippen molar-refractivity contribution in [2.45, 2.75) is 19.4 Å². The number of anilines is 1. The molecule has 19 heavy (non-hydrogen) atoms. The van der Waals surface area contributed by atoms with E-state index in [-0.39, 0.29) is 11.9 Å². The van der Waals surface area contributed by atoms with Gasteiger partial charge in [0.15, 0.2) is 0 Å². The Morgan fingerprint density at radius 1 is 1.53 bits per heavy atom. The van der Waals surface area contributed by atoms with E-state index >= 15 is 0 Å². The summed E-state index contributed by atoms with van der Waals surface area (Å²) in [6.07, 6.45) is 5.78. The quantitative estimate of drug-likeness (QED) is 0.903. The van der Waals surface area contributed by atoms with Crippen LogP contribution in [0.1, 0.15) is 28.6 Å². The largest absolute Gasteiger partial charge is 0.379 e. The maximum Gasteiger partial charge on any atom is 0.260 e. The molecule has 1 fully saturated rings. The summed E-state index contributed by atoms with van der Waals surface area (Å²) in [6.45, 7) is 3.12. The molecule has 3 heterocycles. The number of hydrogen-bond donors (Lipinski definition) is 1. The second-order valence-corrected chi connectivity index (χ2v) is 4.48. The first-order valence-electron chi connectivity index (χ1n) is 6.08. The van der Waals surface area contributed by atoms with Crippen molar-refractivity contribution in [3.63, 3.8) is 0 Å². The van der Waals surface area contributed by atoms with E-state index in [9.17, 15) is 4.79 Å². The van der Waals surface area contributed by atoms with Gasteiger partial charge in [0.1, 0.15) is 11.3 Å². The van der Waals surface area contributed by atoms with E-state index in [2.05, 4.69) is 15.6 Å². The van der Waals surface area contributed by atoms with Crippen molar-refractivity contribution >= 4 is 11.6 Å². The standard InChI is InChI=1S/C12H14N4O3/c1-8-11(5-14-19-8)12(17)15-9-4-13-16(6-9)10-2-3-18-7-10/h4-6,10H,2-3,7H2,1H3,(H,15,17)/t10-/m1/s1. The van der Waals surface area contributed by atoms with Crippen LogP contribution < -0.4 is 5.32 Å². The monoisotopic (exact) mass is 262 g/mol. The first-order chi connectivity index (χ1) is 9.24. The number of nitrogens with zero attached hydrogens (tertiary/aromatic N) is 3. The first kappa shape index (κ1) is 11.9. The molecule has 0 spiro atoms. The number of carbonyl (C=O) groups is 1. The van der Waals surface area contributed by atoms with Crippen LogP contribution in [0.3, 0.4) is 0 Å². The fourth-order valence-electron chi connectivity index (χ4n) is 2.05. The van der Waals surface area contributed by atoms with Gasteiger partial charge in [-0.05, 0) is 13.3 Å². The van der Waals surface area contributed by atoms with Crippen molar-refractivity contribution in [2.24, 2.45) is 0 Å². The lowest BCUT2D eigenvalue weighted by atomic mass is 10.2. The molecule has 1 N–H and O–H groups in total. The lowest BCUT2D eigenvalue weighted by Gasteiger charge is -2.06. The number of aromatic nitrogens is 3. The molecule has 0 aromatic carbocycles. The second-order valence-electron chi connectivity index (χ2n) is 4.48. The highest BCUT2D eigenvalue weighted by Gasteiger charge is 2.19. The molecule has 7 heteroatoms. The van der Waals surface area contributed by atoms with Crippen molar-refractivity contribution in [1.82, 2.24) is 14.9 Å². The van der Waals surface area contributed by atoms with E-state index in [0.717, 1.165) is 13.0 Å². The fourth-order valence-corrected chi connectivity index (χ4v) is 2.05. The number of ether oxygens (including phenoxy) is 1. The van der Waals surface area contributed by atoms with Gasteiger partial charge in [-0.2, -0.15) is 5.10 Å². The molecule has 0 aliphatic carbocycles. The Balaban J connectivity index is 1.70. The molecule has 2 aromatic rings. The summed E-state index contributed by atoms with van der Waals surface area (Å²) in [5.41, 5.74) is 1.08. The smallest absolute Gasteiger partial charge is 0.260 e. The molecule has 100 valence electrons. The van der Waals surface area contributed by atoms with E-state index in [4.69, 9.17) is 9.26 Å². The minimum absolute atomic E-state index is 0.249. The van der Waals surface area contributed by atoms with Crippen LogP contribution in [0, 0.1) is 6.92 Å². The van der Waals surface area contributed by atoms with Gasteiger partial charge in [-0.3, -0.25) is 9.48 Å². The van der Waals surface area contributed by atoms with Crippen molar-refractivity contribution in [1.29, 1.82) is 0 Å². The highest BCUT2D eigenvalue weighted by Crippen LogP contribution is 2.20. The van der Waals surface area contributed by atoms with Gasteiger partial charge in [0.25, 0.3) is 5.91 Å². The molecule has 7 nitrogen and oxygen atoms in total. The molecule has 1 aliphatic heterocycles. The Morgan fingerprint density at radius 2 is 2.42 bits per heavy atom. The van der Waals surface area contributed by atoms with Gasteiger partial charge in [-0.1, -0.05) is 5.16 Å². The summed E-state index contributed by atoms with van der Waals surface area (Å²) >= 11 is 0. The molecule has 1 aliphatic rings. The second kappa shape index (κ2) is 4.85. The fraction of sp³-hybridized carbons (Fsp3) is 0.417. The molecule has 1 amide bonds. The Labute approximate surface area is 109 Å². The zero-order valence-corrected chi connectivity index (χ0v) is 10.5. The summed E-state index contributed by atoms with van der Waals surface area (Å²) < 4.78 is 12.0. The minimum atomic E-state index is -0.249. The summed E-state index contributed by atoms with van der Waals surface area (Å²) in [6, 6.07) is 0.253. The Kier molecular flexibility index (Phi) is 3.04. The van der Waals surface area contributed by atoms with Gasteiger partial charge < -0.3 is 14.6 Å². The van der Waals surface area contributed by atoms with Gasteiger partial charge in [-0.15, -0.1) is 0 Å². The third-order valence-electron chi connectivity index (χ3n) is 3.13. The zero-order chi connectivity index (χ0) is 13.2. The van der Waals surface area contributed by atoms with Crippen LogP contribution in [0.2, 0.25) is 0 Å². The number of hydrogen-bond acceptors (Lipinski definition) is 5. The highest BCUT2D eigenvalue weighted by molar-refractivity contribution is 6.04. The number of aryl methyl sites for hydroxylation is 1. The normalized spacial score (nSPS) is 18.7. The van der Waals surface area contributed by atoms with Crippen molar-refractivity contribution < 1.29 is 14.1 Å². The average molecular weight is 262 g/mol. The molecule has 0 bridgehead atoms. The average Bonchev–Trinajstić information content (AvgIpc) is 3.07. The summed E-state index contributed by atoms with van der Waals surface area (Å²) in [5, 5.41) is 10.6. The van der Waals surface area contributed by atoms with E-state index in [1.807, 2.05) is 4.68 Å². The van der Waals surface area contributed by atoms with Crippen LogP contribution in [0.25, 0.3) is 0 Å². The Bertz CT molecular complexity index is 583. The van der Waals surface area contributed by atoms with Gasteiger partial charge in [0, 0.05) is 12.8 Å². The predicted molar refractivity (Wildman–Crippen MR) is 65.9 cm³/mol.